The molecule has 0 heterocycles. The second-order valence-corrected chi connectivity index (χ2v) is 4.20. The Labute approximate surface area is 109 Å². The Morgan fingerprint density at radius 2 is 2.18 bits per heavy atom. The minimum Gasteiger partial charge on any atom is -0.478 e. The van der Waals surface area contributed by atoms with Crippen molar-refractivity contribution in [2.75, 3.05) is 5.32 Å². The molecule has 4 N–H and O–H groups in total. The number of nitrogens with zero attached hydrogens (tertiary/aromatic N) is 1. The van der Waals surface area contributed by atoms with Crippen molar-refractivity contribution in [2.45, 2.75) is 0 Å². The number of anilines is 1. The summed E-state index contributed by atoms with van der Waals surface area (Å²) < 4.78 is 0.192. The van der Waals surface area contributed by atoms with Crippen molar-refractivity contribution < 1.29 is 14.8 Å². The zero-order chi connectivity index (χ0) is 13.2. The summed E-state index contributed by atoms with van der Waals surface area (Å²) in [5.41, 5.74) is 4.60. The Morgan fingerprint density at radius 3 is 2.59 bits per heavy atom. The van der Waals surface area contributed by atoms with Crippen LogP contribution in [-0.2, 0) is 0 Å². The highest BCUT2D eigenvalue weighted by Gasteiger charge is 2.21. The number of hydrogen-bond donors (Lipinski definition) is 3. The fraction of sp³-hybridized carbons (Fsp3) is 0. The summed E-state index contributed by atoms with van der Waals surface area (Å²) in [5.74, 6) is -1.27. The van der Waals surface area contributed by atoms with Gasteiger partial charge >= 0.3 is 5.97 Å². The SMILES string of the molecule is NC(=S)Nc1c(Br)cc(C(=O)O)cc1[N+](=O)[O-]. The number of rotatable bonds is 3. The van der Waals surface area contributed by atoms with Gasteiger partial charge in [0.05, 0.1) is 10.5 Å². The van der Waals surface area contributed by atoms with Crippen LogP contribution < -0.4 is 11.1 Å². The van der Waals surface area contributed by atoms with E-state index in [1.807, 2.05) is 0 Å². The summed E-state index contributed by atoms with van der Waals surface area (Å²) in [6, 6.07) is 2.14. The number of nitro groups is 1. The normalized spacial score (nSPS) is 9.71. The highest BCUT2D eigenvalue weighted by Crippen LogP contribution is 2.33. The number of carbonyl (C=O) groups is 1. The predicted molar refractivity (Wildman–Crippen MR) is 68.2 cm³/mol. The molecule has 17 heavy (non-hydrogen) atoms. The Morgan fingerprint density at radius 1 is 1.59 bits per heavy atom. The predicted octanol–water partition coefficient (Wildman–Crippen LogP) is 1.71. The van der Waals surface area contributed by atoms with E-state index in [1.54, 1.807) is 0 Å². The maximum absolute atomic E-state index is 10.8. The van der Waals surface area contributed by atoms with Crippen LogP contribution in [0.15, 0.2) is 16.6 Å². The van der Waals surface area contributed by atoms with Crippen LogP contribution >= 0.6 is 28.1 Å². The molecule has 0 amide bonds. The van der Waals surface area contributed by atoms with E-state index >= 15 is 0 Å². The molecule has 0 aliphatic carbocycles. The molecule has 0 bridgehead atoms. The van der Waals surface area contributed by atoms with Crippen molar-refractivity contribution in [3.63, 3.8) is 0 Å². The number of carboxylic acids is 1. The molecular weight excluding hydrogens is 314 g/mol. The average molecular weight is 320 g/mol. The van der Waals surface area contributed by atoms with Gasteiger partial charge in [0.15, 0.2) is 5.11 Å². The standard InChI is InChI=1S/C8H6BrN3O4S/c9-4-1-3(7(13)14)2-5(12(15)16)6(4)11-8(10)17/h1-2H,(H,13,14)(H3,10,11,17). The molecule has 0 aliphatic rings. The first-order valence-electron chi connectivity index (χ1n) is 4.10. The summed E-state index contributed by atoms with van der Waals surface area (Å²) in [6.45, 7) is 0. The smallest absolute Gasteiger partial charge is 0.335 e. The van der Waals surface area contributed by atoms with Crippen molar-refractivity contribution in [3.05, 3.63) is 32.3 Å². The van der Waals surface area contributed by atoms with Gasteiger partial charge in [-0.1, -0.05) is 0 Å². The number of halogens is 1. The molecule has 1 rings (SSSR count). The lowest BCUT2D eigenvalue weighted by atomic mass is 10.1. The van der Waals surface area contributed by atoms with Crippen molar-refractivity contribution >= 4 is 50.6 Å². The number of nitrogens with two attached hydrogens (primary N) is 1. The highest BCUT2D eigenvalue weighted by molar-refractivity contribution is 9.10. The van der Waals surface area contributed by atoms with E-state index in [2.05, 4.69) is 33.5 Å². The van der Waals surface area contributed by atoms with E-state index in [-0.39, 0.29) is 20.8 Å². The summed E-state index contributed by atoms with van der Waals surface area (Å²) >= 11 is 7.59. The lowest BCUT2D eigenvalue weighted by molar-refractivity contribution is -0.384. The van der Waals surface area contributed by atoms with Gasteiger partial charge in [0, 0.05) is 10.5 Å². The molecule has 0 saturated heterocycles. The number of nitro benzene ring substituents is 1. The summed E-state index contributed by atoms with van der Waals surface area (Å²) in [4.78, 5) is 20.8. The summed E-state index contributed by atoms with van der Waals surface area (Å²) in [6.07, 6.45) is 0. The number of hydrogen-bond acceptors (Lipinski definition) is 4. The second-order valence-electron chi connectivity index (χ2n) is 2.90. The minimum atomic E-state index is -1.27. The lowest BCUT2D eigenvalue weighted by Gasteiger charge is -2.08. The quantitative estimate of drug-likeness (QED) is 0.441. The summed E-state index contributed by atoms with van der Waals surface area (Å²) in [7, 11) is 0. The van der Waals surface area contributed by atoms with Gasteiger partial charge in [-0.25, -0.2) is 4.79 Å². The van der Waals surface area contributed by atoms with Gasteiger partial charge in [-0.05, 0) is 34.2 Å². The molecule has 0 fully saturated rings. The number of nitrogens with one attached hydrogen (secondary N) is 1. The van der Waals surface area contributed by atoms with Crippen LogP contribution in [0.3, 0.4) is 0 Å². The zero-order valence-corrected chi connectivity index (χ0v) is 10.5. The second kappa shape index (κ2) is 5.06. The molecular formula is C8H6BrN3O4S. The molecule has 0 spiro atoms. The Bertz CT molecular complexity index is 520. The maximum atomic E-state index is 10.8. The van der Waals surface area contributed by atoms with Crippen LogP contribution in [-0.4, -0.2) is 21.1 Å². The molecule has 1 aromatic rings. The first-order valence-corrected chi connectivity index (χ1v) is 5.30. The fourth-order valence-electron chi connectivity index (χ4n) is 1.11. The monoisotopic (exact) mass is 319 g/mol. The molecule has 9 heteroatoms. The van der Waals surface area contributed by atoms with Crippen LogP contribution in [0.25, 0.3) is 0 Å². The third-order valence-corrected chi connectivity index (χ3v) is 2.49. The van der Waals surface area contributed by atoms with Gasteiger partial charge in [-0.15, -0.1) is 0 Å². The number of aromatic carboxylic acids is 1. The van der Waals surface area contributed by atoms with E-state index in [0.717, 1.165) is 6.07 Å². The van der Waals surface area contributed by atoms with Gasteiger partial charge in [0.1, 0.15) is 5.69 Å². The van der Waals surface area contributed by atoms with Crippen molar-refractivity contribution in [1.82, 2.24) is 0 Å². The minimum absolute atomic E-state index is 0.0208. The van der Waals surface area contributed by atoms with Gasteiger partial charge in [-0.3, -0.25) is 10.1 Å². The van der Waals surface area contributed by atoms with Gasteiger partial charge < -0.3 is 16.2 Å². The van der Waals surface area contributed by atoms with E-state index in [9.17, 15) is 14.9 Å². The van der Waals surface area contributed by atoms with Crippen LogP contribution in [0, 0.1) is 10.1 Å². The van der Waals surface area contributed by atoms with Crippen LogP contribution in [0.5, 0.6) is 0 Å². The van der Waals surface area contributed by atoms with Crippen LogP contribution in [0.1, 0.15) is 10.4 Å². The zero-order valence-electron chi connectivity index (χ0n) is 8.14. The Kier molecular flexibility index (Phi) is 3.97. The molecule has 0 aliphatic heterocycles. The fourth-order valence-corrected chi connectivity index (χ4v) is 1.76. The van der Waals surface area contributed by atoms with Crippen LogP contribution in [0.2, 0.25) is 0 Å². The summed E-state index contributed by atoms with van der Waals surface area (Å²) in [5, 5.41) is 21.8. The maximum Gasteiger partial charge on any atom is 0.335 e. The molecule has 90 valence electrons. The molecule has 0 radical (unpaired) electrons. The van der Waals surface area contributed by atoms with Gasteiger partial charge in [-0.2, -0.15) is 0 Å². The molecule has 0 saturated carbocycles. The number of benzene rings is 1. The van der Waals surface area contributed by atoms with Crippen molar-refractivity contribution in [3.8, 4) is 0 Å². The van der Waals surface area contributed by atoms with E-state index in [4.69, 9.17) is 10.8 Å². The largest absolute Gasteiger partial charge is 0.478 e. The first kappa shape index (κ1) is 13.3. The van der Waals surface area contributed by atoms with Crippen molar-refractivity contribution in [2.24, 2.45) is 5.73 Å². The highest BCUT2D eigenvalue weighted by atomic mass is 79.9. The van der Waals surface area contributed by atoms with E-state index < -0.39 is 16.6 Å². The van der Waals surface area contributed by atoms with Crippen molar-refractivity contribution in [1.29, 1.82) is 0 Å². The van der Waals surface area contributed by atoms with E-state index in [0.29, 0.717) is 0 Å². The Balaban J connectivity index is 3.43. The molecule has 1 aromatic carbocycles. The topological polar surface area (TPSA) is 118 Å². The molecule has 7 nitrogen and oxygen atoms in total. The number of carboxylic acid groups (broad SMARTS) is 1. The van der Waals surface area contributed by atoms with E-state index in [1.165, 1.54) is 6.07 Å². The number of thiocarbonyl (C=S) groups is 1. The third kappa shape index (κ3) is 3.11. The van der Waals surface area contributed by atoms with Gasteiger partial charge in [0.25, 0.3) is 5.69 Å². The molecule has 0 atom stereocenters. The third-order valence-electron chi connectivity index (χ3n) is 1.76. The van der Waals surface area contributed by atoms with Crippen LogP contribution in [0.4, 0.5) is 11.4 Å². The molecule has 0 aromatic heterocycles. The molecule has 0 unspecified atom stereocenters. The lowest BCUT2D eigenvalue weighted by Crippen LogP contribution is -2.20. The Hall–Kier alpha value is -1.74. The van der Waals surface area contributed by atoms with Gasteiger partial charge in [0.2, 0.25) is 0 Å². The average Bonchev–Trinajstić information content (AvgIpc) is 2.19. The first-order chi connectivity index (χ1) is 7.82.